The zero-order valence-electron chi connectivity index (χ0n) is 15.2. The number of carbonyl (C=O) groups is 1. The Bertz CT molecular complexity index is 769. The molecule has 2 rings (SSSR count). The van der Waals surface area contributed by atoms with E-state index in [9.17, 15) is 9.59 Å². The van der Waals surface area contributed by atoms with Gasteiger partial charge in [0.2, 0.25) is 0 Å². The second kappa shape index (κ2) is 8.89. The number of amides is 1. The highest BCUT2D eigenvalue weighted by Crippen LogP contribution is 2.06. The Balaban J connectivity index is 1.76. The van der Waals surface area contributed by atoms with Gasteiger partial charge in [-0.15, -0.1) is 4.73 Å². The van der Waals surface area contributed by atoms with Gasteiger partial charge in [-0.25, -0.2) is 9.59 Å². The molecule has 2 N–H and O–H groups in total. The summed E-state index contributed by atoms with van der Waals surface area (Å²) in [6, 6.07) is 11.2. The standard InChI is InChI=1S/C18H24N4O4/c1-18(2,3)26-17(24)20-11-10-19-15-9-12-22(16(23)21-15)25-13-14-7-5-4-6-8-14/h4-9,12H,10-11,13H2,1-3H3,(H,20,24)(H,19,21,23). The van der Waals surface area contributed by atoms with Gasteiger partial charge in [-0.3, -0.25) is 0 Å². The Labute approximate surface area is 152 Å². The summed E-state index contributed by atoms with van der Waals surface area (Å²) in [6.07, 6.45) is 1.01. The molecule has 0 saturated carbocycles. The summed E-state index contributed by atoms with van der Waals surface area (Å²) in [4.78, 5) is 32.8. The number of anilines is 1. The first kappa shape index (κ1) is 19.3. The molecule has 0 spiro atoms. The van der Waals surface area contributed by atoms with Gasteiger partial charge < -0.3 is 20.2 Å². The van der Waals surface area contributed by atoms with Crippen molar-refractivity contribution in [1.82, 2.24) is 15.0 Å². The maximum absolute atomic E-state index is 12.0. The molecule has 1 amide bonds. The highest BCUT2D eigenvalue weighted by atomic mass is 16.7. The van der Waals surface area contributed by atoms with Gasteiger partial charge in [-0.05, 0) is 26.3 Å². The van der Waals surface area contributed by atoms with Crippen LogP contribution >= 0.6 is 0 Å². The Kier molecular flexibility index (Phi) is 6.60. The van der Waals surface area contributed by atoms with Crippen LogP contribution in [0, 0.1) is 0 Å². The molecule has 0 aliphatic carbocycles. The molecule has 0 aliphatic heterocycles. The fourth-order valence-corrected chi connectivity index (χ4v) is 1.98. The number of aromatic nitrogens is 2. The van der Waals surface area contributed by atoms with E-state index in [0.29, 0.717) is 18.9 Å². The van der Waals surface area contributed by atoms with Gasteiger partial charge in [0, 0.05) is 19.2 Å². The minimum Gasteiger partial charge on any atom is -0.444 e. The Hall–Kier alpha value is -3.03. The average Bonchev–Trinajstić information content (AvgIpc) is 2.57. The van der Waals surface area contributed by atoms with Crippen LogP contribution in [0.5, 0.6) is 0 Å². The van der Waals surface area contributed by atoms with Crippen LogP contribution in [-0.4, -0.2) is 34.5 Å². The molecule has 8 heteroatoms. The summed E-state index contributed by atoms with van der Waals surface area (Å²) >= 11 is 0. The SMILES string of the molecule is CC(C)(C)OC(=O)NCCNc1ccn(OCc2ccccc2)c(=O)n1. The van der Waals surface area contributed by atoms with Crippen molar-refractivity contribution in [2.45, 2.75) is 33.0 Å². The molecule has 0 radical (unpaired) electrons. The number of alkyl carbamates (subject to hydrolysis) is 1. The van der Waals surface area contributed by atoms with Crippen molar-refractivity contribution < 1.29 is 14.4 Å². The van der Waals surface area contributed by atoms with E-state index in [1.165, 1.54) is 6.20 Å². The molecular weight excluding hydrogens is 336 g/mol. The van der Waals surface area contributed by atoms with E-state index in [1.807, 2.05) is 30.3 Å². The quantitative estimate of drug-likeness (QED) is 0.732. The van der Waals surface area contributed by atoms with E-state index < -0.39 is 17.4 Å². The Morgan fingerprint density at radius 3 is 2.54 bits per heavy atom. The van der Waals surface area contributed by atoms with Gasteiger partial charge in [0.25, 0.3) is 0 Å². The van der Waals surface area contributed by atoms with Crippen LogP contribution in [0.1, 0.15) is 26.3 Å². The van der Waals surface area contributed by atoms with Crippen LogP contribution in [0.3, 0.4) is 0 Å². The lowest BCUT2D eigenvalue weighted by Crippen LogP contribution is -2.35. The molecule has 0 aliphatic rings. The number of hydrogen-bond acceptors (Lipinski definition) is 6. The van der Waals surface area contributed by atoms with Gasteiger partial charge >= 0.3 is 11.8 Å². The molecule has 8 nitrogen and oxygen atoms in total. The van der Waals surface area contributed by atoms with E-state index in [0.717, 1.165) is 10.3 Å². The third-order valence-corrected chi connectivity index (χ3v) is 3.08. The number of nitrogens with zero attached hydrogens (tertiary/aromatic N) is 2. The topological polar surface area (TPSA) is 94.5 Å². The predicted molar refractivity (Wildman–Crippen MR) is 97.9 cm³/mol. The van der Waals surface area contributed by atoms with Crippen molar-refractivity contribution in [3.63, 3.8) is 0 Å². The number of rotatable bonds is 7. The zero-order valence-corrected chi connectivity index (χ0v) is 15.2. The van der Waals surface area contributed by atoms with Crippen LogP contribution < -0.4 is 21.2 Å². The highest BCUT2D eigenvalue weighted by molar-refractivity contribution is 5.67. The summed E-state index contributed by atoms with van der Waals surface area (Å²) in [5.41, 5.74) is -0.107. The normalized spacial score (nSPS) is 10.9. The van der Waals surface area contributed by atoms with Crippen molar-refractivity contribution in [3.05, 3.63) is 58.6 Å². The molecule has 0 bridgehead atoms. The fourth-order valence-electron chi connectivity index (χ4n) is 1.98. The second-order valence-corrected chi connectivity index (χ2v) is 6.54. The van der Waals surface area contributed by atoms with Crippen molar-refractivity contribution in [2.24, 2.45) is 0 Å². The molecule has 26 heavy (non-hydrogen) atoms. The summed E-state index contributed by atoms with van der Waals surface area (Å²) < 4.78 is 6.21. The first-order valence-corrected chi connectivity index (χ1v) is 8.31. The third kappa shape index (κ3) is 6.84. The second-order valence-electron chi connectivity index (χ2n) is 6.54. The Morgan fingerprint density at radius 2 is 1.88 bits per heavy atom. The molecule has 0 fully saturated rings. The first-order chi connectivity index (χ1) is 12.3. The van der Waals surface area contributed by atoms with E-state index >= 15 is 0 Å². The van der Waals surface area contributed by atoms with E-state index in [4.69, 9.17) is 9.57 Å². The number of hydrogen-bond donors (Lipinski definition) is 2. The monoisotopic (exact) mass is 360 g/mol. The molecule has 0 saturated heterocycles. The van der Waals surface area contributed by atoms with Gasteiger partial charge in [0.15, 0.2) is 0 Å². The van der Waals surface area contributed by atoms with Crippen molar-refractivity contribution in [2.75, 3.05) is 18.4 Å². The third-order valence-electron chi connectivity index (χ3n) is 3.08. The highest BCUT2D eigenvalue weighted by Gasteiger charge is 2.15. The largest absolute Gasteiger partial charge is 0.444 e. The minimum atomic E-state index is -0.538. The number of nitrogens with one attached hydrogen (secondary N) is 2. The molecule has 0 unspecified atom stereocenters. The Morgan fingerprint density at radius 1 is 1.15 bits per heavy atom. The van der Waals surface area contributed by atoms with Crippen molar-refractivity contribution in [3.8, 4) is 0 Å². The van der Waals surface area contributed by atoms with Crippen LogP contribution in [0.25, 0.3) is 0 Å². The van der Waals surface area contributed by atoms with Gasteiger partial charge in [0.1, 0.15) is 18.0 Å². The van der Waals surface area contributed by atoms with Crippen molar-refractivity contribution >= 4 is 11.9 Å². The summed E-state index contributed by atoms with van der Waals surface area (Å²) in [7, 11) is 0. The molecule has 2 aromatic rings. The van der Waals surface area contributed by atoms with Crippen LogP contribution in [0.15, 0.2) is 47.4 Å². The van der Waals surface area contributed by atoms with Gasteiger partial charge in [-0.1, -0.05) is 30.3 Å². The first-order valence-electron chi connectivity index (χ1n) is 8.31. The summed E-state index contributed by atoms with van der Waals surface area (Å²) in [5, 5.41) is 5.57. The van der Waals surface area contributed by atoms with Crippen LogP contribution in [0.2, 0.25) is 0 Å². The molecular formula is C18H24N4O4. The van der Waals surface area contributed by atoms with Crippen molar-refractivity contribution in [1.29, 1.82) is 0 Å². The van der Waals surface area contributed by atoms with E-state index in [-0.39, 0.29) is 6.61 Å². The van der Waals surface area contributed by atoms with Crippen LogP contribution in [0.4, 0.5) is 10.6 Å². The summed E-state index contributed by atoms with van der Waals surface area (Å²) in [6.45, 7) is 6.40. The van der Waals surface area contributed by atoms with E-state index in [1.54, 1.807) is 26.8 Å². The minimum absolute atomic E-state index is 0.273. The fraction of sp³-hybridized carbons (Fsp3) is 0.389. The lowest BCUT2D eigenvalue weighted by Gasteiger charge is -2.19. The van der Waals surface area contributed by atoms with Gasteiger partial charge in [-0.2, -0.15) is 4.98 Å². The maximum atomic E-state index is 12.0. The van der Waals surface area contributed by atoms with Crippen LogP contribution in [-0.2, 0) is 11.3 Å². The smallest absolute Gasteiger partial charge is 0.407 e. The molecule has 140 valence electrons. The molecule has 1 heterocycles. The average molecular weight is 360 g/mol. The maximum Gasteiger partial charge on any atom is 0.407 e. The number of ether oxygens (including phenoxy) is 1. The molecule has 1 aromatic heterocycles. The molecule has 0 atom stereocenters. The number of benzene rings is 1. The van der Waals surface area contributed by atoms with Gasteiger partial charge in [0.05, 0.1) is 6.20 Å². The number of carbonyl (C=O) groups excluding carboxylic acids is 1. The lowest BCUT2D eigenvalue weighted by atomic mass is 10.2. The predicted octanol–water partition coefficient (Wildman–Crippen LogP) is 1.81. The zero-order chi connectivity index (χ0) is 19.0. The lowest BCUT2D eigenvalue weighted by molar-refractivity contribution is 0.0530. The van der Waals surface area contributed by atoms with E-state index in [2.05, 4.69) is 15.6 Å². The summed E-state index contributed by atoms with van der Waals surface area (Å²) in [5.74, 6) is 0.403. The molecule has 1 aromatic carbocycles.